The number of nitrogens with zero attached hydrogens (tertiary/aromatic N) is 5. The zero-order valence-corrected chi connectivity index (χ0v) is 18.4. The normalized spacial score (nSPS) is 15.1. The van der Waals surface area contributed by atoms with Crippen molar-refractivity contribution in [2.75, 3.05) is 44.2 Å². The Morgan fingerprint density at radius 1 is 1.10 bits per heavy atom. The Morgan fingerprint density at radius 2 is 1.68 bits per heavy atom. The fourth-order valence-corrected chi connectivity index (χ4v) is 3.07. The molecule has 0 N–H and O–H groups in total. The van der Waals surface area contributed by atoms with Crippen LogP contribution in [-0.2, 0) is 15.7 Å². The average Bonchev–Trinajstić information content (AvgIpc) is 2.69. The standard InChI is InChI=1S/C20H30F3N5O3/c1-5-26(18(30)31-19(2,3)4)8-6-7-16(29)27-9-11-28(12-10-27)17-24-13-15(14-25-17)20(21,22)23/h13-14H,5-12H2,1-4H3. The lowest BCUT2D eigenvalue weighted by molar-refractivity contribution is -0.138. The molecule has 1 fully saturated rings. The molecule has 2 rings (SSSR count). The molecule has 2 amide bonds. The van der Waals surface area contributed by atoms with Crippen molar-refractivity contribution in [2.45, 2.75) is 52.3 Å². The maximum absolute atomic E-state index is 12.6. The Morgan fingerprint density at radius 3 is 2.16 bits per heavy atom. The van der Waals surface area contributed by atoms with E-state index in [0.29, 0.717) is 52.1 Å². The molecule has 0 aromatic carbocycles. The van der Waals surface area contributed by atoms with E-state index in [0.717, 1.165) is 12.4 Å². The second kappa shape index (κ2) is 10.1. The van der Waals surface area contributed by atoms with Gasteiger partial charge in [-0.3, -0.25) is 4.79 Å². The summed E-state index contributed by atoms with van der Waals surface area (Å²) in [5, 5.41) is 0. The van der Waals surface area contributed by atoms with Gasteiger partial charge in [-0.25, -0.2) is 14.8 Å². The minimum Gasteiger partial charge on any atom is -0.444 e. The highest BCUT2D eigenvalue weighted by Gasteiger charge is 2.32. The predicted octanol–water partition coefficient (Wildman–Crippen LogP) is 3.18. The van der Waals surface area contributed by atoms with E-state index in [9.17, 15) is 22.8 Å². The molecule has 1 aliphatic heterocycles. The third-order valence-corrected chi connectivity index (χ3v) is 4.73. The van der Waals surface area contributed by atoms with E-state index in [4.69, 9.17) is 4.74 Å². The Kier molecular flexibility index (Phi) is 8.08. The zero-order chi connectivity index (χ0) is 23.2. The van der Waals surface area contributed by atoms with Crippen LogP contribution in [0.2, 0.25) is 0 Å². The highest BCUT2D eigenvalue weighted by Crippen LogP contribution is 2.28. The van der Waals surface area contributed by atoms with Crippen LogP contribution in [0.3, 0.4) is 0 Å². The van der Waals surface area contributed by atoms with E-state index < -0.39 is 23.4 Å². The summed E-state index contributed by atoms with van der Waals surface area (Å²) in [6.07, 6.45) is -2.51. The van der Waals surface area contributed by atoms with Gasteiger partial charge in [0, 0.05) is 58.1 Å². The molecule has 0 atom stereocenters. The van der Waals surface area contributed by atoms with Gasteiger partial charge in [0.05, 0.1) is 5.56 Å². The molecule has 1 saturated heterocycles. The van der Waals surface area contributed by atoms with Gasteiger partial charge in [0.1, 0.15) is 5.60 Å². The number of anilines is 1. The van der Waals surface area contributed by atoms with Gasteiger partial charge in [0.25, 0.3) is 0 Å². The molecule has 1 aromatic rings. The maximum atomic E-state index is 12.6. The molecule has 0 saturated carbocycles. The molecular weight excluding hydrogens is 415 g/mol. The number of rotatable bonds is 6. The molecule has 0 unspecified atom stereocenters. The van der Waals surface area contributed by atoms with Crippen LogP contribution in [0, 0.1) is 0 Å². The monoisotopic (exact) mass is 445 g/mol. The fraction of sp³-hybridized carbons (Fsp3) is 0.700. The van der Waals surface area contributed by atoms with Crippen LogP contribution in [0.5, 0.6) is 0 Å². The number of hydrogen-bond donors (Lipinski definition) is 0. The van der Waals surface area contributed by atoms with Gasteiger partial charge < -0.3 is 19.4 Å². The number of piperazine rings is 1. The van der Waals surface area contributed by atoms with Crippen molar-refractivity contribution < 1.29 is 27.5 Å². The molecule has 0 aliphatic carbocycles. The molecule has 1 aromatic heterocycles. The minimum absolute atomic E-state index is 0.0202. The van der Waals surface area contributed by atoms with Crippen molar-refractivity contribution in [3.63, 3.8) is 0 Å². The minimum atomic E-state index is -4.47. The van der Waals surface area contributed by atoms with Crippen LogP contribution < -0.4 is 4.90 Å². The van der Waals surface area contributed by atoms with Gasteiger partial charge in [-0.15, -0.1) is 0 Å². The summed E-state index contributed by atoms with van der Waals surface area (Å²) >= 11 is 0. The first-order chi connectivity index (χ1) is 14.4. The first-order valence-corrected chi connectivity index (χ1v) is 10.3. The van der Waals surface area contributed by atoms with Crippen molar-refractivity contribution in [1.29, 1.82) is 0 Å². The Labute approximate surface area is 180 Å². The van der Waals surface area contributed by atoms with Gasteiger partial charge in [-0.05, 0) is 34.1 Å². The van der Waals surface area contributed by atoms with E-state index in [-0.39, 0.29) is 11.9 Å². The maximum Gasteiger partial charge on any atom is 0.419 e. The average molecular weight is 445 g/mol. The lowest BCUT2D eigenvalue weighted by atomic mass is 10.2. The van der Waals surface area contributed by atoms with E-state index >= 15 is 0 Å². The first kappa shape index (κ1) is 24.7. The second-order valence-corrected chi connectivity index (χ2v) is 8.30. The molecular formula is C20H30F3N5O3. The van der Waals surface area contributed by atoms with E-state index in [1.54, 1.807) is 35.5 Å². The van der Waals surface area contributed by atoms with E-state index in [1.165, 1.54) is 0 Å². The lowest BCUT2D eigenvalue weighted by Gasteiger charge is -2.35. The topological polar surface area (TPSA) is 78.9 Å². The third kappa shape index (κ3) is 7.55. The van der Waals surface area contributed by atoms with Crippen molar-refractivity contribution in [3.8, 4) is 0 Å². The van der Waals surface area contributed by atoms with Crippen LogP contribution in [0.1, 0.15) is 46.1 Å². The third-order valence-electron chi connectivity index (χ3n) is 4.73. The smallest absolute Gasteiger partial charge is 0.419 e. The van der Waals surface area contributed by atoms with Crippen LogP contribution in [-0.4, -0.2) is 76.6 Å². The largest absolute Gasteiger partial charge is 0.444 e. The van der Waals surface area contributed by atoms with E-state index in [1.807, 2.05) is 6.92 Å². The summed E-state index contributed by atoms with van der Waals surface area (Å²) in [5.74, 6) is 0.198. The number of ether oxygens (including phenoxy) is 1. The second-order valence-electron chi connectivity index (χ2n) is 8.30. The number of amides is 2. The first-order valence-electron chi connectivity index (χ1n) is 10.3. The quantitative estimate of drug-likeness (QED) is 0.669. The molecule has 2 heterocycles. The Balaban J connectivity index is 1.77. The van der Waals surface area contributed by atoms with Crippen LogP contribution in [0.25, 0.3) is 0 Å². The molecule has 31 heavy (non-hydrogen) atoms. The summed E-state index contributed by atoms with van der Waals surface area (Å²) in [6.45, 7) is 9.94. The molecule has 174 valence electrons. The van der Waals surface area contributed by atoms with Crippen molar-refractivity contribution in [3.05, 3.63) is 18.0 Å². The number of carbonyl (C=O) groups is 2. The van der Waals surface area contributed by atoms with Gasteiger partial charge in [0.15, 0.2) is 0 Å². The highest BCUT2D eigenvalue weighted by molar-refractivity contribution is 5.76. The van der Waals surface area contributed by atoms with Gasteiger partial charge >= 0.3 is 12.3 Å². The lowest BCUT2D eigenvalue weighted by Crippen LogP contribution is -2.49. The van der Waals surface area contributed by atoms with Gasteiger partial charge in [-0.2, -0.15) is 13.2 Å². The summed E-state index contributed by atoms with van der Waals surface area (Å²) < 4.78 is 43.2. The van der Waals surface area contributed by atoms with E-state index in [2.05, 4.69) is 9.97 Å². The molecule has 0 spiro atoms. The predicted molar refractivity (Wildman–Crippen MR) is 109 cm³/mol. The Bertz CT molecular complexity index is 742. The highest BCUT2D eigenvalue weighted by atomic mass is 19.4. The van der Waals surface area contributed by atoms with Crippen molar-refractivity contribution in [2.24, 2.45) is 0 Å². The number of alkyl halides is 3. The molecule has 8 nitrogen and oxygen atoms in total. The number of carbonyl (C=O) groups excluding carboxylic acids is 2. The summed E-state index contributed by atoms with van der Waals surface area (Å²) in [6, 6.07) is 0. The molecule has 0 bridgehead atoms. The summed E-state index contributed by atoms with van der Waals surface area (Å²) in [4.78, 5) is 37.3. The van der Waals surface area contributed by atoms with Crippen molar-refractivity contribution in [1.82, 2.24) is 19.8 Å². The number of halogens is 3. The van der Waals surface area contributed by atoms with Crippen LogP contribution in [0.15, 0.2) is 12.4 Å². The van der Waals surface area contributed by atoms with Gasteiger partial charge in [0.2, 0.25) is 11.9 Å². The number of hydrogen-bond acceptors (Lipinski definition) is 6. The van der Waals surface area contributed by atoms with Crippen LogP contribution >= 0.6 is 0 Å². The molecule has 0 radical (unpaired) electrons. The number of aromatic nitrogens is 2. The molecule has 1 aliphatic rings. The fourth-order valence-electron chi connectivity index (χ4n) is 3.07. The summed E-state index contributed by atoms with van der Waals surface area (Å²) in [5.41, 5.74) is -1.46. The zero-order valence-electron chi connectivity index (χ0n) is 18.4. The SMILES string of the molecule is CCN(CCCC(=O)N1CCN(c2ncc(C(F)(F)F)cn2)CC1)C(=O)OC(C)(C)C. The van der Waals surface area contributed by atoms with Crippen molar-refractivity contribution >= 4 is 17.9 Å². The van der Waals surface area contributed by atoms with Crippen LogP contribution in [0.4, 0.5) is 23.9 Å². The Hall–Kier alpha value is -2.59. The molecule has 11 heteroatoms. The van der Waals surface area contributed by atoms with Gasteiger partial charge in [-0.1, -0.05) is 0 Å². The summed E-state index contributed by atoms with van der Waals surface area (Å²) in [7, 11) is 0.